The summed E-state index contributed by atoms with van der Waals surface area (Å²) < 4.78 is 11.1. The SMILES string of the molecule is CCC(CC)C1CC(NC(=NCC(=O)N(C)C)NCCOC)CCO1.I. The molecule has 7 nitrogen and oxygen atoms in total. The summed E-state index contributed by atoms with van der Waals surface area (Å²) >= 11 is 0. The Kier molecular flexibility index (Phi) is 14.1. The van der Waals surface area contributed by atoms with Crippen molar-refractivity contribution in [3.05, 3.63) is 0 Å². The molecule has 0 radical (unpaired) electrons. The molecule has 0 aromatic heterocycles. The lowest BCUT2D eigenvalue weighted by atomic mass is 9.89. The molecule has 1 heterocycles. The van der Waals surface area contributed by atoms with Crippen LogP contribution in [0.25, 0.3) is 0 Å². The third-order valence-corrected chi connectivity index (χ3v) is 4.70. The van der Waals surface area contributed by atoms with Gasteiger partial charge in [-0.15, -0.1) is 24.0 Å². The highest BCUT2D eigenvalue weighted by atomic mass is 127. The molecular weight excluding hydrogens is 447 g/mol. The number of amides is 1. The highest BCUT2D eigenvalue weighted by molar-refractivity contribution is 14.0. The van der Waals surface area contributed by atoms with E-state index in [1.54, 1.807) is 26.1 Å². The number of ether oxygens (including phenoxy) is 2. The monoisotopic (exact) mass is 484 g/mol. The van der Waals surface area contributed by atoms with Crippen LogP contribution >= 0.6 is 24.0 Å². The zero-order chi connectivity index (χ0) is 18.7. The molecule has 1 amide bonds. The molecule has 0 aliphatic carbocycles. The van der Waals surface area contributed by atoms with Crippen LogP contribution < -0.4 is 10.6 Å². The fraction of sp³-hybridized carbons (Fsp3) is 0.889. The van der Waals surface area contributed by atoms with E-state index >= 15 is 0 Å². The highest BCUT2D eigenvalue weighted by Crippen LogP contribution is 2.25. The number of hydrogen-bond acceptors (Lipinski definition) is 4. The molecule has 8 heteroatoms. The Hall–Kier alpha value is -0.610. The standard InChI is InChI=1S/C18H36N4O3.HI/c1-6-14(7-2)16-12-15(8-10-25-16)21-18(19-9-11-24-5)20-13-17(23)22(3)4;/h14-16H,6-13H2,1-5H3,(H2,19,20,21);1H. The van der Waals surface area contributed by atoms with Crippen LogP contribution in [0.5, 0.6) is 0 Å². The molecule has 1 aliphatic rings. The lowest BCUT2D eigenvalue weighted by Crippen LogP contribution is -2.49. The van der Waals surface area contributed by atoms with E-state index in [9.17, 15) is 4.79 Å². The zero-order valence-electron chi connectivity index (χ0n) is 16.9. The normalized spacial score (nSPS) is 20.5. The van der Waals surface area contributed by atoms with Gasteiger partial charge in [0, 0.05) is 40.4 Å². The first-order chi connectivity index (χ1) is 12.0. The van der Waals surface area contributed by atoms with Crippen LogP contribution in [-0.4, -0.2) is 76.4 Å². The molecule has 2 atom stereocenters. The maximum atomic E-state index is 11.8. The van der Waals surface area contributed by atoms with Crippen molar-refractivity contribution in [1.82, 2.24) is 15.5 Å². The summed E-state index contributed by atoms with van der Waals surface area (Å²) in [5, 5.41) is 6.71. The van der Waals surface area contributed by atoms with Gasteiger partial charge < -0.3 is 25.0 Å². The average molecular weight is 484 g/mol. The largest absolute Gasteiger partial charge is 0.383 e. The van der Waals surface area contributed by atoms with Crippen LogP contribution in [0.4, 0.5) is 0 Å². The predicted octanol–water partition coefficient (Wildman–Crippen LogP) is 1.86. The summed E-state index contributed by atoms with van der Waals surface area (Å²) in [6.07, 6.45) is 4.49. The molecule has 2 unspecified atom stereocenters. The maximum absolute atomic E-state index is 11.8. The number of halogens is 1. The fourth-order valence-electron chi connectivity index (χ4n) is 3.01. The smallest absolute Gasteiger partial charge is 0.243 e. The summed E-state index contributed by atoms with van der Waals surface area (Å²) in [4.78, 5) is 17.8. The number of guanidine groups is 1. The molecule has 0 bridgehead atoms. The van der Waals surface area contributed by atoms with Crippen molar-refractivity contribution in [2.24, 2.45) is 10.9 Å². The second kappa shape index (κ2) is 14.4. The minimum atomic E-state index is -0.0188. The van der Waals surface area contributed by atoms with Gasteiger partial charge in [0.25, 0.3) is 0 Å². The molecule has 26 heavy (non-hydrogen) atoms. The molecule has 1 aliphatic heterocycles. The second-order valence-electron chi connectivity index (χ2n) is 6.72. The second-order valence-corrected chi connectivity index (χ2v) is 6.72. The predicted molar refractivity (Wildman–Crippen MR) is 116 cm³/mol. The van der Waals surface area contributed by atoms with Crippen molar-refractivity contribution in [2.45, 2.75) is 51.7 Å². The van der Waals surface area contributed by atoms with E-state index < -0.39 is 0 Å². The molecule has 1 fully saturated rings. The molecule has 2 N–H and O–H groups in total. The van der Waals surface area contributed by atoms with Crippen molar-refractivity contribution in [3.63, 3.8) is 0 Å². The number of aliphatic imine (C=N–C) groups is 1. The molecule has 1 saturated heterocycles. The van der Waals surface area contributed by atoms with Gasteiger partial charge in [-0.2, -0.15) is 0 Å². The van der Waals surface area contributed by atoms with E-state index in [4.69, 9.17) is 9.47 Å². The van der Waals surface area contributed by atoms with Crippen LogP contribution in [0.15, 0.2) is 4.99 Å². The van der Waals surface area contributed by atoms with Crippen LogP contribution in [0.3, 0.4) is 0 Å². The number of likely N-dealkylation sites (N-methyl/N-ethyl adjacent to an activating group) is 1. The number of hydrogen-bond donors (Lipinski definition) is 2. The molecule has 154 valence electrons. The number of rotatable bonds is 9. The van der Waals surface area contributed by atoms with Gasteiger partial charge in [0.15, 0.2) is 5.96 Å². The van der Waals surface area contributed by atoms with Gasteiger partial charge in [0.1, 0.15) is 6.54 Å². The van der Waals surface area contributed by atoms with Crippen LogP contribution in [0, 0.1) is 5.92 Å². The summed E-state index contributed by atoms with van der Waals surface area (Å²) in [6.45, 7) is 6.58. The van der Waals surface area contributed by atoms with Gasteiger partial charge in [-0.05, 0) is 18.8 Å². The maximum Gasteiger partial charge on any atom is 0.243 e. The molecule has 0 aromatic carbocycles. The summed E-state index contributed by atoms with van der Waals surface area (Å²) in [5.41, 5.74) is 0. The van der Waals surface area contributed by atoms with Gasteiger partial charge in [-0.1, -0.05) is 26.7 Å². The van der Waals surface area contributed by atoms with Crippen LogP contribution in [0.1, 0.15) is 39.5 Å². The van der Waals surface area contributed by atoms with Crippen molar-refractivity contribution in [2.75, 3.05) is 47.5 Å². The molecular formula is C18H37IN4O3. The van der Waals surface area contributed by atoms with Gasteiger partial charge in [0.05, 0.1) is 12.7 Å². The Morgan fingerprint density at radius 3 is 2.62 bits per heavy atom. The Labute approximate surface area is 175 Å². The first kappa shape index (κ1) is 25.4. The van der Waals surface area contributed by atoms with E-state index in [-0.39, 0.29) is 36.4 Å². The number of carbonyl (C=O) groups excluding carboxylic acids is 1. The van der Waals surface area contributed by atoms with Crippen molar-refractivity contribution in [3.8, 4) is 0 Å². The number of nitrogens with one attached hydrogen (secondary N) is 2. The lowest BCUT2D eigenvalue weighted by molar-refractivity contribution is -0.127. The first-order valence-electron chi connectivity index (χ1n) is 9.37. The minimum Gasteiger partial charge on any atom is -0.383 e. The summed E-state index contributed by atoms with van der Waals surface area (Å²) in [7, 11) is 5.14. The third kappa shape index (κ3) is 9.36. The van der Waals surface area contributed by atoms with Gasteiger partial charge in [0.2, 0.25) is 5.91 Å². The minimum absolute atomic E-state index is 0. The zero-order valence-corrected chi connectivity index (χ0v) is 19.2. The third-order valence-electron chi connectivity index (χ3n) is 4.70. The Morgan fingerprint density at radius 1 is 1.35 bits per heavy atom. The van der Waals surface area contributed by atoms with Gasteiger partial charge in [-0.3, -0.25) is 4.79 Å². The Balaban J connectivity index is 0.00000625. The summed E-state index contributed by atoms with van der Waals surface area (Å²) in [6, 6.07) is 0.308. The van der Waals surface area contributed by atoms with Crippen molar-refractivity contribution < 1.29 is 14.3 Å². The van der Waals surface area contributed by atoms with E-state index in [2.05, 4.69) is 29.5 Å². The fourth-order valence-corrected chi connectivity index (χ4v) is 3.01. The number of carbonyl (C=O) groups is 1. The molecule has 0 aromatic rings. The highest BCUT2D eigenvalue weighted by Gasteiger charge is 2.28. The topological polar surface area (TPSA) is 75.2 Å². The van der Waals surface area contributed by atoms with E-state index in [1.807, 2.05) is 0 Å². The summed E-state index contributed by atoms with van der Waals surface area (Å²) in [5.74, 6) is 1.25. The van der Waals surface area contributed by atoms with Crippen molar-refractivity contribution >= 4 is 35.8 Å². The van der Waals surface area contributed by atoms with Crippen LogP contribution in [0.2, 0.25) is 0 Å². The molecule has 0 saturated carbocycles. The van der Waals surface area contributed by atoms with E-state index in [0.29, 0.717) is 37.2 Å². The lowest BCUT2D eigenvalue weighted by Gasteiger charge is -2.35. The Morgan fingerprint density at radius 2 is 2.04 bits per heavy atom. The Bertz CT molecular complexity index is 417. The molecule has 0 spiro atoms. The van der Waals surface area contributed by atoms with Crippen LogP contribution in [-0.2, 0) is 14.3 Å². The van der Waals surface area contributed by atoms with E-state index in [1.165, 1.54) is 0 Å². The molecule has 1 rings (SSSR count). The van der Waals surface area contributed by atoms with Crippen molar-refractivity contribution in [1.29, 1.82) is 0 Å². The first-order valence-corrected chi connectivity index (χ1v) is 9.37. The van der Waals surface area contributed by atoms with Gasteiger partial charge in [-0.25, -0.2) is 4.99 Å². The average Bonchev–Trinajstić information content (AvgIpc) is 2.60. The number of methoxy groups -OCH3 is 1. The number of nitrogens with zero attached hydrogens (tertiary/aromatic N) is 2. The quantitative estimate of drug-likeness (QED) is 0.226. The van der Waals surface area contributed by atoms with Gasteiger partial charge >= 0.3 is 0 Å². The van der Waals surface area contributed by atoms with E-state index in [0.717, 1.165) is 32.3 Å².